The second-order valence-corrected chi connectivity index (χ2v) is 6.28. The van der Waals surface area contributed by atoms with Crippen molar-refractivity contribution in [1.29, 1.82) is 5.26 Å². The molecule has 2 rings (SSSR count). The van der Waals surface area contributed by atoms with Crippen LogP contribution in [0.3, 0.4) is 0 Å². The summed E-state index contributed by atoms with van der Waals surface area (Å²) in [6.07, 6.45) is -9.62. The lowest BCUT2D eigenvalue weighted by molar-refractivity contribution is -0.199. The molecule has 1 aliphatic carbocycles. The zero-order valence-electron chi connectivity index (χ0n) is 13.0. The van der Waals surface area contributed by atoms with E-state index in [9.17, 15) is 31.4 Å². The van der Waals surface area contributed by atoms with Crippen molar-refractivity contribution in [2.24, 2.45) is 5.92 Å². The Morgan fingerprint density at radius 2 is 1.92 bits per heavy atom. The van der Waals surface area contributed by atoms with Crippen molar-refractivity contribution in [1.82, 2.24) is 0 Å². The smallest absolute Gasteiger partial charge is 0.388 e. The molecule has 0 saturated heterocycles. The first-order valence-corrected chi connectivity index (χ1v) is 7.59. The fourth-order valence-electron chi connectivity index (χ4n) is 3.04. The van der Waals surface area contributed by atoms with Gasteiger partial charge in [-0.15, -0.1) is 0 Å². The number of nitrogens with zero attached hydrogens (tertiary/aromatic N) is 1. The van der Waals surface area contributed by atoms with Crippen LogP contribution in [0.1, 0.15) is 36.8 Å². The number of aliphatic hydroxyl groups is 1. The van der Waals surface area contributed by atoms with E-state index in [1.807, 2.05) is 0 Å². The lowest BCUT2D eigenvalue weighted by atomic mass is 9.77. The second kappa shape index (κ2) is 6.75. The van der Waals surface area contributed by atoms with Gasteiger partial charge in [0.2, 0.25) is 0 Å². The van der Waals surface area contributed by atoms with Gasteiger partial charge >= 0.3 is 12.4 Å². The summed E-state index contributed by atoms with van der Waals surface area (Å²) in [5, 5.41) is 21.5. The maximum absolute atomic E-state index is 13.1. The van der Waals surface area contributed by atoms with E-state index in [1.54, 1.807) is 6.07 Å². The molecular formula is C16H16F6N2O. The average molecular weight is 366 g/mol. The first kappa shape index (κ1) is 19.4. The predicted octanol–water partition coefficient (Wildman–Crippen LogP) is 4.47. The number of hydrogen-bond donors (Lipinski definition) is 2. The third-order valence-electron chi connectivity index (χ3n) is 4.35. The fraction of sp³-hybridized carbons (Fsp3) is 0.562. The number of hydrogen-bond acceptors (Lipinski definition) is 3. The van der Waals surface area contributed by atoms with Gasteiger partial charge in [-0.05, 0) is 43.9 Å². The molecule has 0 bridgehead atoms. The molecule has 0 aliphatic heterocycles. The average Bonchev–Trinajstić information content (AvgIpc) is 2.51. The third kappa shape index (κ3) is 4.78. The molecule has 9 heteroatoms. The molecule has 0 heterocycles. The van der Waals surface area contributed by atoms with Crippen molar-refractivity contribution in [3.8, 4) is 6.07 Å². The minimum atomic E-state index is -4.74. The van der Waals surface area contributed by atoms with Crippen LogP contribution in [-0.4, -0.2) is 23.4 Å². The van der Waals surface area contributed by atoms with Gasteiger partial charge in [0, 0.05) is 12.2 Å². The van der Waals surface area contributed by atoms with Crippen molar-refractivity contribution >= 4 is 5.69 Å². The van der Waals surface area contributed by atoms with Gasteiger partial charge in [-0.1, -0.05) is 0 Å². The molecule has 1 fully saturated rings. The molecule has 3 nitrogen and oxygen atoms in total. The largest absolute Gasteiger partial charge is 0.418 e. The van der Waals surface area contributed by atoms with Crippen LogP contribution in [0.4, 0.5) is 32.0 Å². The first-order valence-electron chi connectivity index (χ1n) is 7.59. The highest BCUT2D eigenvalue weighted by atomic mass is 19.4. The summed E-state index contributed by atoms with van der Waals surface area (Å²) < 4.78 is 77.8. The molecule has 1 aromatic rings. The number of halogens is 6. The Bertz CT molecular complexity index is 664. The lowest BCUT2D eigenvalue weighted by Crippen LogP contribution is -2.45. The first-order chi connectivity index (χ1) is 11.4. The molecule has 2 unspecified atom stereocenters. The Morgan fingerprint density at radius 1 is 1.24 bits per heavy atom. The van der Waals surface area contributed by atoms with Crippen LogP contribution in [0.25, 0.3) is 0 Å². The highest BCUT2D eigenvalue weighted by Gasteiger charge is 2.47. The van der Waals surface area contributed by atoms with Crippen LogP contribution in [-0.2, 0) is 6.18 Å². The number of benzene rings is 1. The molecular weight excluding hydrogens is 350 g/mol. The standard InChI is InChI=1S/C16H16F6N2O/c17-15(18,19)11-2-1-5-14(25,7-11)9-24-13-4-3-10(8-23)6-12(13)16(20,21)22/h3-4,6,11,24-25H,1-2,5,7,9H2. The maximum atomic E-state index is 13.1. The van der Waals surface area contributed by atoms with Gasteiger partial charge in [0.25, 0.3) is 0 Å². The molecule has 138 valence electrons. The lowest BCUT2D eigenvalue weighted by Gasteiger charge is -2.38. The zero-order valence-corrected chi connectivity index (χ0v) is 13.0. The predicted molar refractivity (Wildman–Crippen MR) is 77.6 cm³/mol. The third-order valence-corrected chi connectivity index (χ3v) is 4.35. The summed E-state index contributed by atoms with van der Waals surface area (Å²) in [4.78, 5) is 0. The Morgan fingerprint density at radius 3 is 2.48 bits per heavy atom. The molecule has 1 aromatic carbocycles. The van der Waals surface area contributed by atoms with E-state index in [2.05, 4.69) is 5.32 Å². The summed E-state index contributed by atoms with van der Waals surface area (Å²) in [6.45, 7) is -0.436. The Kier molecular flexibility index (Phi) is 5.23. The SMILES string of the molecule is N#Cc1ccc(NCC2(O)CCCC(C(F)(F)F)C2)c(C(F)(F)F)c1. The number of nitriles is 1. The minimum absolute atomic E-state index is 0.0736. The maximum Gasteiger partial charge on any atom is 0.418 e. The second-order valence-electron chi connectivity index (χ2n) is 6.28. The topological polar surface area (TPSA) is 56.0 Å². The molecule has 0 radical (unpaired) electrons. The molecule has 0 aromatic heterocycles. The summed E-state index contributed by atoms with van der Waals surface area (Å²) in [5.41, 5.74) is -3.41. The number of alkyl halides is 6. The number of nitrogens with one attached hydrogen (secondary N) is 1. The summed E-state index contributed by atoms with van der Waals surface area (Å²) in [6, 6.07) is 4.46. The van der Waals surface area contributed by atoms with Crippen molar-refractivity contribution in [2.75, 3.05) is 11.9 Å². The normalized spacial score (nSPS) is 24.6. The van der Waals surface area contributed by atoms with E-state index in [1.165, 1.54) is 6.07 Å². The Balaban J connectivity index is 2.17. The Hall–Kier alpha value is -1.95. The van der Waals surface area contributed by atoms with Gasteiger partial charge in [-0.2, -0.15) is 31.6 Å². The molecule has 1 aliphatic rings. The summed E-state index contributed by atoms with van der Waals surface area (Å²) in [7, 11) is 0. The fourth-order valence-corrected chi connectivity index (χ4v) is 3.04. The van der Waals surface area contributed by atoms with Crippen LogP contribution >= 0.6 is 0 Å². The highest BCUT2D eigenvalue weighted by Crippen LogP contribution is 2.42. The van der Waals surface area contributed by atoms with E-state index in [4.69, 9.17) is 5.26 Å². The monoisotopic (exact) mass is 366 g/mol. The van der Waals surface area contributed by atoms with Gasteiger partial charge in [-0.25, -0.2) is 0 Å². The number of rotatable bonds is 3. The molecule has 0 amide bonds. The molecule has 25 heavy (non-hydrogen) atoms. The summed E-state index contributed by atoms with van der Waals surface area (Å²) in [5.74, 6) is -1.67. The summed E-state index contributed by atoms with van der Waals surface area (Å²) >= 11 is 0. The van der Waals surface area contributed by atoms with Crippen LogP contribution < -0.4 is 5.32 Å². The van der Waals surface area contributed by atoms with Crippen molar-refractivity contribution < 1.29 is 31.4 Å². The van der Waals surface area contributed by atoms with Crippen molar-refractivity contribution in [2.45, 2.75) is 43.6 Å². The zero-order chi connectivity index (χ0) is 18.9. The van der Waals surface area contributed by atoms with E-state index in [-0.39, 0.29) is 30.5 Å². The quantitative estimate of drug-likeness (QED) is 0.776. The van der Waals surface area contributed by atoms with Crippen LogP contribution in [0, 0.1) is 17.2 Å². The van der Waals surface area contributed by atoms with E-state index in [0.29, 0.717) is 6.07 Å². The van der Waals surface area contributed by atoms with Crippen molar-refractivity contribution in [3.05, 3.63) is 29.3 Å². The van der Waals surface area contributed by atoms with E-state index in [0.717, 1.165) is 6.07 Å². The van der Waals surface area contributed by atoms with Gasteiger partial charge in [-0.3, -0.25) is 0 Å². The van der Waals surface area contributed by atoms with Gasteiger partial charge in [0.15, 0.2) is 0 Å². The van der Waals surface area contributed by atoms with E-state index >= 15 is 0 Å². The number of anilines is 1. The van der Waals surface area contributed by atoms with Crippen LogP contribution in [0.2, 0.25) is 0 Å². The van der Waals surface area contributed by atoms with E-state index < -0.39 is 42.4 Å². The van der Waals surface area contributed by atoms with Crippen molar-refractivity contribution in [3.63, 3.8) is 0 Å². The molecule has 2 atom stereocenters. The highest BCUT2D eigenvalue weighted by molar-refractivity contribution is 5.56. The van der Waals surface area contributed by atoms with Crippen LogP contribution in [0.15, 0.2) is 18.2 Å². The van der Waals surface area contributed by atoms with Gasteiger partial charge < -0.3 is 10.4 Å². The molecule has 2 N–H and O–H groups in total. The van der Waals surface area contributed by atoms with Gasteiger partial charge in [0.05, 0.1) is 28.7 Å². The molecule has 1 saturated carbocycles. The minimum Gasteiger partial charge on any atom is -0.388 e. The molecule has 0 spiro atoms. The Labute approximate surface area is 140 Å². The van der Waals surface area contributed by atoms with Crippen LogP contribution in [0.5, 0.6) is 0 Å². The van der Waals surface area contributed by atoms with Gasteiger partial charge in [0.1, 0.15) is 0 Å².